The predicted molar refractivity (Wildman–Crippen MR) is 99.6 cm³/mol. The highest BCUT2D eigenvalue weighted by molar-refractivity contribution is 6.08. The van der Waals surface area contributed by atoms with Crippen LogP contribution < -0.4 is 10.5 Å². The number of hydrogen-bond donors (Lipinski definition) is 3. The molecule has 1 aromatic carbocycles. The van der Waals surface area contributed by atoms with Gasteiger partial charge in [0.05, 0.1) is 24.5 Å². The average molecular weight is 370 g/mol. The molecule has 7 heteroatoms. The molecule has 0 atom stereocenters. The number of ether oxygens (including phenoxy) is 1. The van der Waals surface area contributed by atoms with Crippen LogP contribution in [0.1, 0.15) is 34.3 Å². The lowest BCUT2D eigenvalue weighted by molar-refractivity contribution is 0.0999. The Hall–Kier alpha value is -2.90. The molecule has 0 saturated carbocycles. The van der Waals surface area contributed by atoms with Gasteiger partial charge in [0.2, 0.25) is 0 Å². The Balaban J connectivity index is 2.20. The van der Waals surface area contributed by atoms with Crippen LogP contribution in [0.5, 0.6) is 5.75 Å². The van der Waals surface area contributed by atoms with E-state index in [2.05, 4.69) is 4.98 Å². The molecule has 2 aromatic heterocycles. The standard InChI is InChI=1S/C20H22N2O5/c1-12-16(19(21)25)17-14(27-12)6-7-15(18(17)20(2,10-23)11-24)26-9-13-5-3-4-8-22-13/h3-8,23-24H,9-11H2,1-2H3,(H2,21,25). The lowest BCUT2D eigenvalue weighted by atomic mass is 9.80. The van der Waals surface area contributed by atoms with E-state index in [1.807, 2.05) is 18.2 Å². The van der Waals surface area contributed by atoms with Crippen molar-refractivity contribution in [2.45, 2.75) is 25.9 Å². The fourth-order valence-corrected chi connectivity index (χ4v) is 3.15. The van der Waals surface area contributed by atoms with Gasteiger partial charge in [0.15, 0.2) is 0 Å². The third-order valence-electron chi connectivity index (χ3n) is 4.64. The summed E-state index contributed by atoms with van der Waals surface area (Å²) >= 11 is 0. The summed E-state index contributed by atoms with van der Waals surface area (Å²) in [5, 5.41) is 20.4. The number of amides is 1. The molecule has 0 bridgehead atoms. The maximum absolute atomic E-state index is 12.0. The molecule has 0 aliphatic rings. The van der Waals surface area contributed by atoms with Gasteiger partial charge in [-0.15, -0.1) is 0 Å². The first kappa shape index (κ1) is 18.9. The number of furan rings is 1. The smallest absolute Gasteiger partial charge is 0.252 e. The summed E-state index contributed by atoms with van der Waals surface area (Å²) in [5.41, 5.74) is 6.35. The molecular weight excluding hydrogens is 348 g/mol. The van der Waals surface area contributed by atoms with E-state index in [1.54, 1.807) is 32.2 Å². The number of aryl methyl sites for hydroxylation is 1. The van der Waals surface area contributed by atoms with Gasteiger partial charge in [-0.2, -0.15) is 0 Å². The number of hydrogen-bond acceptors (Lipinski definition) is 6. The van der Waals surface area contributed by atoms with Crippen molar-refractivity contribution in [1.82, 2.24) is 4.98 Å². The molecule has 0 aliphatic carbocycles. The number of benzene rings is 1. The van der Waals surface area contributed by atoms with Crippen molar-refractivity contribution in [3.8, 4) is 5.75 Å². The second kappa shape index (κ2) is 7.38. The molecule has 27 heavy (non-hydrogen) atoms. The van der Waals surface area contributed by atoms with Gasteiger partial charge in [-0.25, -0.2) is 0 Å². The van der Waals surface area contributed by atoms with Crippen molar-refractivity contribution in [3.05, 3.63) is 59.1 Å². The van der Waals surface area contributed by atoms with Gasteiger partial charge in [-0.3, -0.25) is 9.78 Å². The van der Waals surface area contributed by atoms with E-state index in [0.717, 1.165) is 5.69 Å². The number of primary amides is 1. The van der Waals surface area contributed by atoms with E-state index in [0.29, 0.717) is 28.0 Å². The highest BCUT2D eigenvalue weighted by Crippen LogP contribution is 2.41. The minimum atomic E-state index is -1.07. The van der Waals surface area contributed by atoms with E-state index in [4.69, 9.17) is 14.9 Å². The molecule has 3 rings (SSSR count). The molecule has 0 aliphatic heterocycles. The highest BCUT2D eigenvalue weighted by Gasteiger charge is 2.34. The summed E-state index contributed by atoms with van der Waals surface area (Å²) in [5.74, 6) is 0.147. The molecule has 2 heterocycles. The molecule has 0 radical (unpaired) electrons. The normalized spacial score (nSPS) is 11.7. The molecular formula is C20H22N2O5. The van der Waals surface area contributed by atoms with E-state index < -0.39 is 11.3 Å². The van der Waals surface area contributed by atoms with Gasteiger partial charge in [0, 0.05) is 22.6 Å². The summed E-state index contributed by atoms with van der Waals surface area (Å²) < 4.78 is 11.6. The van der Waals surface area contributed by atoms with Crippen molar-refractivity contribution in [1.29, 1.82) is 0 Å². The lowest BCUT2D eigenvalue weighted by Crippen LogP contribution is -2.32. The molecule has 7 nitrogen and oxygen atoms in total. The lowest BCUT2D eigenvalue weighted by Gasteiger charge is -2.28. The SMILES string of the molecule is Cc1oc2ccc(OCc3ccccn3)c(C(C)(CO)CO)c2c1C(N)=O. The maximum Gasteiger partial charge on any atom is 0.252 e. The zero-order valence-corrected chi connectivity index (χ0v) is 15.2. The fourth-order valence-electron chi connectivity index (χ4n) is 3.15. The number of aliphatic hydroxyl groups is 2. The second-order valence-electron chi connectivity index (χ2n) is 6.70. The maximum atomic E-state index is 12.0. The van der Waals surface area contributed by atoms with Crippen LogP contribution >= 0.6 is 0 Å². The van der Waals surface area contributed by atoms with Crippen LogP contribution in [0.15, 0.2) is 40.9 Å². The number of fused-ring (bicyclic) bond motifs is 1. The van der Waals surface area contributed by atoms with Gasteiger partial charge < -0.3 is 25.1 Å². The Bertz CT molecular complexity index is 961. The average Bonchev–Trinajstić information content (AvgIpc) is 3.02. The zero-order chi connectivity index (χ0) is 19.6. The van der Waals surface area contributed by atoms with Crippen molar-refractivity contribution in [2.24, 2.45) is 5.73 Å². The Kier molecular flexibility index (Phi) is 5.16. The van der Waals surface area contributed by atoms with Crippen LogP contribution in [-0.4, -0.2) is 34.3 Å². The van der Waals surface area contributed by atoms with Gasteiger partial charge in [-0.1, -0.05) is 13.0 Å². The number of carbonyl (C=O) groups excluding carboxylic acids is 1. The van der Waals surface area contributed by atoms with Crippen LogP contribution in [0.25, 0.3) is 11.0 Å². The minimum absolute atomic E-state index is 0.190. The number of carbonyl (C=O) groups is 1. The monoisotopic (exact) mass is 370 g/mol. The number of nitrogens with zero attached hydrogens (tertiary/aromatic N) is 1. The summed E-state index contributed by atoms with van der Waals surface area (Å²) in [4.78, 5) is 16.3. The van der Waals surface area contributed by atoms with Crippen molar-refractivity contribution >= 4 is 16.9 Å². The summed E-state index contributed by atoms with van der Waals surface area (Å²) in [6, 6.07) is 8.86. The van der Waals surface area contributed by atoms with Crippen molar-refractivity contribution in [2.75, 3.05) is 13.2 Å². The minimum Gasteiger partial charge on any atom is -0.487 e. The zero-order valence-electron chi connectivity index (χ0n) is 15.2. The van der Waals surface area contributed by atoms with E-state index >= 15 is 0 Å². The van der Waals surface area contributed by atoms with Crippen LogP contribution in [0.2, 0.25) is 0 Å². The Morgan fingerprint density at radius 3 is 2.59 bits per heavy atom. The Morgan fingerprint density at radius 2 is 2.00 bits per heavy atom. The summed E-state index contributed by atoms with van der Waals surface area (Å²) in [7, 11) is 0. The van der Waals surface area contributed by atoms with Crippen molar-refractivity contribution in [3.63, 3.8) is 0 Å². The number of aliphatic hydroxyl groups excluding tert-OH is 2. The number of aromatic nitrogens is 1. The number of pyridine rings is 1. The van der Waals surface area contributed by atoms with Crippen LogP contribution in [0, 0.1) is 6.92 Å². The van der Waals surface area contributed by atoms with Crippen LogP contribution in [0.3, 0.4) is 0 Å². The summed E-state index contributed by atoms with van der Waals surface area (Å²) in [6.07, 6.45) is 1.67. The first-order valence-electron chi connectivity index (χ1n) is 8.52. The molecule has 1 amide bonds. The van der Waals surface area contributed by atoms with Crippen LogP contribution in [-0.2, 0) is 12.0 Å². The topological polar surface area (TPSA) is 119 Å². The van der Waals surface area contributed by atoms with E-state index in [9.17, 15) is 15.0 Å². The van der Waals surface area contributed by atoms with Gasteiger partial charge in [-0.05, 0) is 31.2 Å². The first-order valence-corrected chi connectivity index (χ1v) is 8.52. The van der Waals surface area contributed by atoms with Crippen LogP contribution in [0.4, 0.5) is 0 Å². The van der Waals surface area contributed by atoms with E-state index in [-0.39, 0.29) is 25.4 Å². The Morgan fingerprint density at radius 1 is 1.26 bits per heavy atom. The Labute approximate surface area is 156 Å². The third-order valence-corrected chi connectivity index (χ3v) is 4.64. The van der Waals surface area contributed by atoms with E-state index in [1.165, 1.54) is 0 Å². The molecule has 4 N–H and O–H groups in total. The van der Waals surface area contributed by atoms with Gasteiger partial charge in [0.1, 0.15) is 23.7 Å². The second-order valence-corrected chi connectivity index (χ2v) is 6.70. The number of rotatable bonds is 7. The van der Waals surface area contributed by atoms with Gasteiger partial charge >= 0.3 is 0 Å². The first-order chi connectivity index (χ1) is 12.9. The molecule has 0 fully saturated rings. The third kappa shape index (κ3) is 3.39. The molecule has 0 spiro atoms. The molecule has 0 unspecified atom stereocenters. The highest BCUT2D eigenvalue weighted by atomic mass is 16.5. The van der Waals surface area contributed by atoms with Crippen molar-refractivity contribution < 1.29 is 24.2 Å². The quantitative estimate of drug-likeness (QED) is 0.586. The molecule has 0 saturated heterocycles. The largest absolute Gasteiger partial charge is 0.487 e. The molecule has 142 valence electrons. The predicted octanol–water partition coefficient (Wildman–Crippen LogP) is 2.06. The molecule has 3 aromatic rings. The number of nitrogens with two attached hydrogens (primary N) is 1. The fraction of sp³-hybridized carbons (Fsp3) is 0.300. The summed E-state index contributed by atoms with van der Waals surface area (Å²) in [6.45, 7) is 2.81. The van der Waals surface area contributed by atoms with Gasteiger partial charge in [0.25, 0.3) is 5.91 Å².